The molecule has 6 nitrogen and oxygen atoms in total. The second-order valence-electron chi connectivity index (χ2n) is 6.66. The Balaban J connectivity index is 2.83. The molecule has 0 radical (unpaired) electrons. The second kappa shape index (κ2) is 8.07. The number of nitrogens with one attached hydrogen (secondary N) is 2. The summed E-state index contributed by atoms with van der Waals surface area (Å²) in [6, 6.07) is 0. The van der Waals surface area contributed by atoms with Crippen molar-refractivity contribution in [1.82, 2.24) is 5.32 Å². The van der Waals surface area contributed by atoms with Crippen LogP contribution in [0.2, 0.25) is 0 Å². The van der Waals surface area contributed by atoms with Crippen molar-refractivity contribution in [3.8, 4) is 0 Å². The predicted octanol–water partition coefficient (Wildman–Crippen LogP) is 3.18. The summed E-state index contributed by atoms with van der Waals surface area (Å²) in [4.78, 5) is 36.5. The number of hydrogen-bond donors (Lipinski definition) is 2. The first kappa shape index (κ1) is 21.9. The summed E-state index contributed by atoms with van der Waals surface area (Å²) in [7, 11) is 0. The molecule has 0 fully saturated rings. The Morgan fingerprint density at radius 2 is 1.69 bits per heavy atom. The fourth-order valence-electron chi connectivity index (χ4n) is 1.70. The Hall–Kier alpha value is -2.10. The Bertz CT molecular complexity index is 706. The first-order valence-corrected chi connectivity index (χ1v) is 8.46. The molecule has 2 N–H and O–H groups in total. The number of aryl methyl sites for hydroxylation is 1. The fourth-order valence-corrected chi connectivity index (χ4v) is 2.75. The van der Waals surface area contributed by atoms with E-state index in [2.05, 4.69) is 5.32 Å². The molecule has 1 aromatic rings. The molecular formula is C16H21F3N2O4S. The van der Waals surface area contributed by atoms with Crippen LogP contribution in [0.1, 0.15) is 41.6 Å². The van der Waals surface area contributed by atoms with Crippen molar-refractivity contribution in [2.45, 2.75) is 40.8 Å². The van der Waals surface area contributed by atoms with Crippen molar-refractivity contribution in [3.63, 3.8) is 0 Å². The number of thiophene rings is 1. The summed E-state index contributed by atoms with van der Waals surface area (Å²) in [5.41, 5.74) is -0.0293. The van der Waals surface area contributed by atoms with Gasteiger partial charge in [-0.1, -0.05) is 20.8 Å². The molecule has 0 spiro atoms. The second-order valence-corrected chi connectivity index (χ2v) is 7.88. The number of carbonyl (C=O) groups is 3. The molecule has 146 valence electrons. The zero-order valence-corrected chi connectivity index (χ0v) is 15.9. The van der Waals surface area contributed by atoms with Crippen LogP contribution in [0.4, 0.5) is 18.2 Å². The van der Waals surface area contributed by atoms with Crippen molar-refractivity contribution < 1.29 is 32.3 Å². The summed E-state index contributed by atoms with van der Waals surface area (Å²) in [6.45, 7) is 6.16. The molecule has 0 aliphatic heterocycles. The molecule has 0 atom stereocenters. The molecule has 0 unspecified atom stereocenters. The number of alkyl halides is 3. The van der Waals surface area contributed by atoms with E-state index >= 15 is 0 Å². The lowest BCUT2D eigenvalue weighted by Gasteiger charge is -2.17. The maximum atomic E-state index is 12.3. The average Bonchev–Trinajstić information content (AvgIpc) is 2.75. The molecule has 26 heavy (non-hydrogen) atoms. The van der Waals surface area contributed by atoms with Crippen molar-refractivity contribution >= 4 is 34.1 Å². The Morgan fingerprint density at radius 1 is 1.12 bits per heavy atom. The van der Waals surface area contributed by atoms with E-state index in [9.17, 15) is 27.6 Å². The van der Waals surface area contributed by atoms with Gasteiger partial charge >= 0.3 is 12.1 Å². The van der Waals surface area contributed by atoms with E-state index in [-0.39, 0.29) is 16.5 Å². The first-order chi connectivity index (χ1) is 11.7. The van der Waals surface area contributed by atoms with Gasteiger partial charge in [0.2, 0.25) is 5.91 Å². The molecular weight excluding hydrogens is 373 g/mol. The molecule has 0 aliphatic rings. The SMILES string of the molecule is Cc1sc(NC(=O)C(C)(C)C)c(C(=O)OCC(=O)NCC(F)(F)F)c1C. The van der Waals surface area contributed by atoms with Crippen molar-refractivity contribution in [1.29, 1.82) is 0 Å². The highest BCUT2D eigenvalue weighted by Gasteiger charge is 2.29. The van der Waals surface area contributed by atoms with Crippen molar-refractivity contribution in [3.05, 3.63) is 16.0 Å². The van der Waals surface area contributed by atoms with Gasteiger partial charge in [0.05, 0.1) is 5.56 Å². The smallest absolute Gasteiger partial charge is 0.405 e. The quantitative estimate of drug-likeness (QED) is 0.752. The summed E-state index contributed by atoms with van der Waals surface area (Å²) >= 11 is 1.18. The highest BCUT2D eigenvalue weighted by Crippen LogP contribution is 2.34. The molecule has 0 bridgehead atoms. The van der Waals surface area contributed by atoms with Gasteiger partial charge in [-0.05, 0) is 19.4 Å². The van der Waals surface area contributed by atoms with Crippen LogP contribution in [-0.2, 0) is 14.3 Å². The minimum absolute atomic E-state index is 0.0914. The number of ether oxygens (including phenoxy) is 1. The van der Waals surface area contributed by atoms with Crippen LogP contribution in [0.3, 0.4) is 0 Å². The molecule has 2 amide bonds. The molecule has 0 saturated carbocycles. The van der Waals surface area contributed by atoms with Gasteiger partial charge in [0.1, 0.15) is 11.5 Å². The zero-order valence-electron chi connectivity index (χ0n) is 15.1. The molecule has 1 aromatic heterocycles. The normalized spacial score (nSPS) is 11.8. The number of hydrogen-bond acceptors (Lipinski definition) is 5. The zero-order chi connectivity index (χ0) is 20.3. The maximum Gasteiger partial charge on any atom is 0.405 e. The fraction of sp³-hybridized carbons (Fsp3) is 0.562. The third-order valence-electron chi connectivity index (χ3n) is 3.32. The largest absolute Gasteiger partial charge is 0.452 e. The van der Waals surface area contributed by atoms with Crippen LogP contribution in [-0.4, -0.2) is 37.1 Å². The van der Waals surface area contributed by atoms with Crippen LogP contribution in [0, 0.1) is 19.3 Å². The lowest BCUT2D eigenvalue weighted by Crippen LogP contribution is -2.36. The van der Waals surface area contributed by atoms with E-state index in [0.29, 0.717) is 5.56 Å². The lowest BCUT2D eigenvalue weighted by molar-refractivity contribution is -0.140. The van der Waals surface area contributed by atoms with Crippen molar-refractivity contribution in [2.75, 3.05) is 18.5 Å². The molecule has 0 aromatic carbocycles. The highest BCUT2D eigenvalue weighted by molar-refractivity contribution is 7.16. The minimum Gasteiger partial charge on any atom is -0.452 e. The van der Waals surface area contributed by atoms with Crippen LogP contribution in [0.25, 0.3) is 0 Å². The van der Waals surface area contributed by atoms with E-state index in [1.165, 1.54) is 11.3 Å². The monoisotopic (exact) mass is 394 g/mol. The van der Waals surface area contributed by atoms with Crippen molar-refractivity contribution in [2.24, 2.45) is 5.41 Å². The van der Waals surface area contributed by atoms with E-state index in [4.69, 9.17) is 4.74 Å². The Morgan fingerprint density at radius 3 is 2.19 bits per heavy atom. The summed E-state index contributed by atoms with van der Waals surface area (Å²) in [6.07, 6.45) is -4.55. The van der Waals surface area contributed by atoms with Gasteiger partial charge in [-0.15, -0.1) is 11.3 Å². The molecule has 0 aliphatic carbocycles. The van der Waals surface area contributed by atoms with Gasteiger partial charge in [-0.2, -0.15) is 13.2 Å². The summed E-state index contributed by atoms with van der Waals surface area (Å²) < 4.78 is 40.9. The summed E-state index contributed by atoms with van der Waals surface area (Å²) in [5, 5.41) is 4.54. The van der Waals surface area contributed by atoms with Crippen LogP contribution >= 0.6 is 11.3 Å². The van der Waals surface area contributed by atoms with Gasteiger partial charge in [0.15, 0.2) is 6.61 Å². The van der Waals surface area contributed by atoms with Gasteiger partial charge in [-0.3, -0.25) is 9.59 Å². The molecule has 10 heteroatoms. The van der Waals surface area contributed by atoms with Crippen LogP contribution < -0.4 is 10.6 Å². The first-order valence-electron chi connectivity index (χ1n) is 7.64. The standard InChI is InChI=1S/C16H21F3N2O4S/c1-8-9(2)26-12(21-14(24)15(3,4)5)11(8)13(23)25-6-10(22)20-7-16(17,18)19/h6-7H2,1-5H3,(H,20,22)(H,21,24). The lowest BCUT2D eigenvalue weighted by atomic mass is 9.96. The highest BCUT2D eigenvalue weighted by atomic mass is 32.1. The molecule has 1 heterocycles. The van der Waals surface area contributed by atoms with Crippen LogP contribution in [0.15, 0.2) is 0 Å². The molecule has 1 rings (SSSR count). The van der Waals surface area contributed by atoms with E-state index < -0.39 is 36.6 Å². The van der Waals surface area contributed by atoms with E-state index in [1.807, 2.05) is 0 Å². The number of anilines is 1. The summed E-state index contributed by atoms with van der Waals surface area (Å²) in [5.74, 6) is -2.27. The number of rotatable bonds is 5. The van der Waals surface area contributed by atoms with Crippen LogP contribution in [0.5, 0.6) is 0 Å². The van der Waals surface area contributed by atoms with Gasteiger partial charge in [-0.25, -0.2) is 4.79 Å². The number of halogens is 3. The van der Waals surface area contributed by atoms with Gasteiger partial charge in [0.25, 0.3) is 5.91 Å². The van der Waals surface area contributed by atoms with Gasteiger partial charge < -0.3 is 15.4 Å². The average molecular weight is 394 g/mol. The Kier molecular flexibility index (Phi) is 6.81. The van der Waals surface area contributed by atoms with Gasteiger partial charge in [0, 0.05) is 10.3 Å². The number of carbonyl (C=O) groups excluding carboxylic acids is 3. The Labute approximate surface area is 153 Å². The number of amides is 2. The minimum atomic E-state index is -4.55. The third-order valence-corrected chi connectivity index (χ3v) is 4.44. The third kappa shape index (κ3) is 6.32. The maximum absolute atomic E-state index is 12.3. The number of esters is 1. The molecule has 0 saturated heterocycles. The topological polar surface area (TPSA) is 84.5 Å². The van der Waals surface area contributed by atoms with E-state index in [0.717, 1.165) is 4.88 Å². The van der Waals surface area contributed by atoms with E-state index in [1.54, 1.807) is 39.9 Å². The predicted molar refractivity (Wildman–Crippen MR) is 91.2 cm³/mol.